The topological polar surface area (TPSA) is 70.0 Å². The third-order valence-electron chi connectivity index (χ3n) is 2.34. The maximum Gasteiger partial charge on any atom is 0.260 e. The molecule has 2 N–H and O–H groups in total. The zero-order valence-electron chi connectivity index (χ0n) is 10.2. The minimum absolute atomic E-state index is 0.156. The van der Waals surface area contributed by atoms with E-state index in [1.165, 1.54) is 4.90 Å². The molecule has 0 fully saturated rings. The summed E-state index contributed by atoms with van der Waals surface area (Å²) in [4.78, 5) is 13.1. The predicted molar refractivity (Wildman–Crippen MR) is 75.4 cm³/mol. The van der Waals surface area contributed by atoms with Gasteiger partial charge in [0.05, 0.1) is 17.7 Å². The number of rotatable bonds is 7. The fourth-order valence-electron chi connectivity index (χ4n) is 1.43. The van der Waals surface area contributed by atoms with Gasteiger partial charge in [0.15, 0.2) is 6.61 Å². The number of aliphatic hydroxyl groups excluding tert-OH is 2. The summed E-state index contributed by atoms with van der Waals surface area (Å²) < 4.78 is 6.02. The molecule has 1 rings (SSSR count). The van der Waals surface area contributed by atoms with Gasteiger partial charge in [-0.25, -0.2) is 0 Å². The standard InChI is InChI=1S/C12H15BrClNO4/c13-10-7-9(14)1-2-11(10)19-8-12(18)15(3-5-16)4-6-17/h1-2,7,16-17H,3-6,8H2. The second-order valence-electron chi connectivity index (χ2n) is 3.69. The number of ether oxygens (including phenoxy) is 1. The zero-order chi connectivity index (χ0) is 14.3. The summed E-state index contributed by atoms with van der Waals surface area (Å²) in [5.74, 6) is 0.204. The van der Waals surface area contributed by atoms with Crippen LogP contribution in [0.1, 0.15) is 0 Å². The van der Waals surface area contributed by atoms with E-state index >= 15 is 0 Å². The minimum Gasteiger partial charge on any atom is -0.483 e. The lowest BCUT2D eigenvalue weighted by atomic mass is 10.3. The Morgan fingerprint density at radius 2 is 1.95 bits per heavy atom. The van der Waals surface area contributed by atoms with E-state index in [2.05, 4.69) is 15.9 Å². The Bertz CT molecular complexity index is 424. The average Bonchev–Trinajstić information content (AvgIpc) is 2.37. The van der Waals surface area contributed by atoms with E-state index in [4.69, 9.17) is 26.6 Å². The highest BCUT2D eigenvalue weighted by molar-refractivity contribution is 9.10. The van der Waals surface area contributed by atoms with Gasteiger partial charge in [-0.1, -0.05) is 11.6 Å². The van der Waals surface area contributed by atoms with Crippen molar-refractivity contribution >= 4 is 33.4 Å². The number of hydrogen-bond donors (Lipinski definition) is 2. The van der Waals surface area contributed by atoms with Crippen LogP contribution in [-0.4, -0.2) is 53.9 Å². The second kappa shape index (κ2) is 8.37. The van der Waals surface area contributed by atoms with Crippen molar-refractivity contribution in [1.29, 1.82) is 0 Å². The number of benzene rings is 1. The molecule has 1 aromatic carbocycles. The van der Waals surface area contributed by atoms with Crippen molar-refractivity contribution in [3.8, 4) is 5.75 Å². The summed E-state index contributed by atoms with van der Waals surface area (Å²) in [6.45, 7) is -0.137. The first-order valence-corrected chi connectivity index (χ1v) is 6.83. The van der Waals surface area contributed by atoms with Crippen molar-refractivity contribution in [3.63, 3.8) is 0 Å². The molecule has 1 amide bonds. The van der Waals surface area contributed by atoms with Crippen LogP contribution in [-0.2, 0) is 4.79 Å². The first-order valence-electron chi connectivity index (χ1n) is 5.65. The Labute approximate surface area is 124 Å². The molecule has 106 valence electrons. The molecule has 0 saturated carbocycles. The molecule has 19 heavy (non-hydrogen) atoms. The lowest BCUT2D eigenvalue weighted by Gasteiger charge is -2.20. The van der Waals surface area contributed by atoms with Crippen LogP contribution < -0.4 is 4.74 Å². The summed E-state index contributed by atoms with van der Waals surface area (Å²) >= 11 is 9.08. The Hall–Kier alpha value is -0.820. The van der Waals surface area contributed by atoms with E-state index in [-0.39, 0.29) is 38.8 Å². The monoisotopic (exact) mass is 351 g/mol. The van der Waals surface area contributed by atoms with E-state index in [0.717, 1.165) is 0 Å². The molecule has 1 aromatic rings. The van der Waals surface area contributed by atoms with Crippen molar-refractivity contribution in [3.05, 3.63) is 27.7 Å². The Kier molecular flexibility index (Phi) is 7.15. The first-order chi connectivity index (χ1) is 9.08. The van der Waals surface area contributed by atoms with E-state index in [1.807, 2.05) is 0 Å². The SMILES string of the molecule is O=C(COc1ccc(Cl)cc1Br)N(CCO)CCO. The third kappa shape index (κ3) is 5.36. The second-order valence-corrected chi connectivity index (χ2v) is 4.98. The van der Waals surface area contributed by atoms with Crippen molar-refractivity contribution in [1.82, 2.24) is 4.90 Å². The van der Waals surface area contributed by atoms with Gasteiger partial charge in [-0.05, 0) is 34.1 Å². The molecule has 0 aliphatic heterocycles. The summed E-state index contributed by atoms with van der Waals surface area (Å²) in [6, 6.07) is 4.98. The Morgan fingerprint density at radius 3 is 2.47 bits per heavy atom. The summed E-state index contributed by atoms with van der Waals surface area (Å²) in [5, 5.41) is 18.2. The van der Waals surface area contributed by atoms with E-state index < -0.39 is 0 Å². The molecule has 0 radical (unpaired) electrons. The normalized spacial score (nSPS) is 10.3. The Morgan fingerprint density at radius 1 is 1.32 bits per heavy atom. The molecule has 5 nitrogen and oxygen atoms in total. The van der Waals surface area contributed by atoms with E-state index in [9.17, 15) is 4.79 Å². The molecule has 7 heteroatoms. The number of hydrogen-bond acceptors (Lipinski definition) is 4. The Balaban J connectivity index is 2.56. The smallest absolute Gasteiger partial charge is 0.260 e. The van der Waals surface area contributed by atoms with E-state index in [1.54, 1.807) is 18.2 Å². The lowest BCUT2D eigenvalue weighted by molar-refractivity contribution is -0.134. The van der Waals surface area contributed by atoms with Crippen LogP contribution in [0.3, 0.4) is 0 Å². The fraction of sp³-hybridized carbons (Fsp3) is 0.417. The van der Waals surface area contributed by atoms with Gasteiger partial charge >= 0.3 is 0 Å². The molecule has 0 bridgehead atoms. The van der Waals surface area contributed by atoms with E-state index in [0.29, 0.717) is 15.2 Å². The largest absolute Gasteiger partial charge is 0.483 e. The number of carbonyl (C=O) groups excluding carboxylic acids is 1. The van der Waals surface area contributed by atoms with Crippen molar-refractivity contribution < 1.29 is 19.7 Å². The van der Waals surface area contributed by atoms with Crippen LogP contribution in [0.15, 0.2) is 22.7 Å². The highest BCUT2D eigenvalue weighted by Crippen LogP contribution is 2.27. The molecule has 0 unspecified atom stereocenters. The molecule has 0 aromatic heterocycles. The van der Waals surface area contributed by atoms with Gasteiger partial charge in [0.2, 0.25) is 0 Å². The number of amides is 1. The maximum absolute atomic E-state index is 11.8. The van der Waals surface area contributed by atoms with Crippen LogP contribution >= 0.6 is 27.5 Å². The molecule has 0 aliphatic rings. The molecule has 0 heterocycles. The van der Waals surface area contributed by atoms with Crippen molar-refractivity contribution in [2.24, 2.45) is 0 Å². The van der Waals surface area contributed by atoms with Gasteiger partial charge in [-0.3, -0.25) is 4.79 Å². The average molecular weight is 353 g/mol. The van der Waals surface area contributed by atoms with Gasteiger partial charge in [0.1, 0.15) is 5.75 Å². The molecular weight excluding hydrogens is 337 g/mol. The third-order valence-corrected chi connectivity index (χ3v) is 3.19. The zero-order valence-corrected chi connectivity index (χ0v) is 12.5. The van der Waals surface area contributed by atoms with Crippen LogP contribution in [0.4, 0.5) is 0 Å². The highest BCUT2D eigenvalue weighted by Gasteiger charge is 2.13. The van der Waals surface area contributed by atoms with Crippen molar-refractivity contribution in [2.75, 3.05) is 32.9 Å². The van der Waals surface area contributed by atoms with Gasteiger partial charge in [-0.15, -0.1) is 0 Å². The van der Waals surface area contributed by atoms with Crippen LogP contribution in [0.2, 0.25) is 5.02 Å². The quantitative estimate of drug-likeness (QED) is 0.776. The number of nitrogens with zero attached hydrogens (tertiary/aromatic N) is 1. The van der Waals surface area contributed by atoms with Crippen molar-refractivity contribution in [2.45, 2.75) is 0 Å². The highest BCUT2D eigenvalue weighted by atomic mass is 79.9. The molecular formula is C12H15BrClNO4. The number of carbonyl (C=O) groups is 1. The molecule has 0 aliphatic carbocycles. The lowest BCUT2D eigenvalue weighted by Crippen LogP contribution is -2.38. The summed E-state index contributed by atoms with van der Waals surface area (Å²) in [7, 11) is 0. The van der Waals surface area contributed by atoms with Gasteiger partial charge in [0.25, 0.3) is 5.91 Å². The number of halogens is 2. The van der Waals surface area contributed by atoms with Crippen LogP contribution in [0.25, 0.3) is 0 Å². The molecule has 0 spiro atoms. The summed E-state index contributed by atoms with van der Waals surface area (Å²) in [6.07, 6.45) is 0. The summed E-state index contributed by atoms with van der Waals surface area (Å²) in [5.41, 5.74) is 0. The molecule has 0 saturated heterocycles. The fourth-order valence-corrected chi connectivity index (χ4v) is 2.22. The van der Waals surface area contributed by atoms with Gasteiger partial charge in [0, 0.05) is 18.1 Å². The van der Waals surface area contributed by atoms with Crippen LogP contribution in [0.5, 0.6) is 5.75 Å². The minimum atomic E-state index is -0.301. The van der Waals surface area contributed by atoms with Gasteiger partial charge < -0.3 is 19.8 Å². The predicted octanol–water partition coefficient (Wildman–Crippen LogP) is 1.29. The maximum atomic E-state index is 11.8. The van der Waals surface area contributed by atoms with Crippen LogP contribution in [0, 0.1) is 0 Å². The van der Waals surface area contributed by atoms with Gasteiger partial charge in [-0.2, -0.15) is 0 Å². The molecule has 0 atom stereocenters. The number of aliphatic hydroxyl groups is 2. The first kappa shape index (κ1) is 16.2.